The monoisotopic (exact) mass is 440 g/mol. The summed E-state index contributed by atoms with van der Waals surface area (Å²) in [5.41, 5.74) is 1.66. The van der Waals surface area contributed by atoms with Crippen LogP contribution in [0, 0.1) is 0 Å². The Balaban J connectivity index is 2.05. The number of rotatable bonds is 4. The molecule has 1 fully saturated rings. The number of anilines is 1. The number of hydrogen-bond donors (Lipinski definition) is 1. The standard InChI is InChI=1S/C16H13BrN2O4S2/c1-18-15(23)13(25-16(18)24)12-9-7-8(17)4-5-10(9)19(14(12)22)6-2-3-11(20)21/h4-5,7H,2-3,6H2,1H3,(H,20,21). The molecule has 2 aliphatic rings. The summed E-state index contributed by atoms with van der Waals surface area (Å²) in [6, 6.07) is 5.39. The van der Waals surface area contributed by atoms with E-state index in [1.807, 2.05) is 6.07 Å². The lowest BCUT2D eigenvalue weighted by atomic mass is 10.1. The van der Waals surface area contributed by atoms with Gasteiger partial charge in [0.1, 0.15) is 4.32 Å². The number of thioether (sulfide) groups is 1. The maximum Gasteiger partial charge on any atom is 0.303 e. The number of fused-ring (bicyclic) bond motifs is 1. The van der Waals surface area contributed by atoms with Crippen LogP contribution >= 0.6 is 39.9 Å². The summed E-state index contributed by atoms with van der Waals surface area (Å²) in [6.07, 6.45) is 0.306. The Kier molecular flexibility index (Phi) is 4.99. The van der Waals surface area contributed by atoms with E-state index in [4.69, 9.17) is 17.3 Å². The summed E-state index contributed by atoms with van der Waals surface area (Å²) in [5, 5.41) is 8.82. The highest BCUT2D eigenvalue weighted by Gasteiger charge is 2.40. The molecule has 0 radical (unpaired) electrons. The second-order valence-electron chi connectivity index (χ2n) is 5.55. The molecule has 3 rings (SSSR count). The van der Waals surface area contributed by atoms with Crippen molar-refractivity contribution in [1.82, 2.24) is 4.90 Å². The van der Waals surface area contributed by atoms with Gasteiger partial charge in [-0.2, -0.15) is 0 Å². The van der Waals surface area contributed by atoms with Crippen LogP contribution in [0.4, 0.5) is 5.69 Å². The van der Waals surface area contributed by atoms with Gasteiger partial charge in [0.25, 0.3) is 11.8 Å². The minimum Gasteiger partial charge on any atom is -0.481 e. The SMILES string of the molecule is CN1C(=O)C(=C2C(=O)N(CCCC(=O)O)c3ccc(Br)cc32)SC1=S. The average Bonchev–Trinajstić information content (AvgIpc) is 2.95. The third kappa shape index (κ3) is 3.23. The van der Waals surface area contributed by atoms with Crippen molar-refractivity contribution in [3.8, 4) is 0 Å². The minimum atomic E-state index is -0.908. The predicted octanol–water partition coefficient (Wildman–Crippen LogP) is 2.86. The van der Waals surface area contributed by atoms with Crippen molar-refractivity contribution < 1.29 is 19.5 Å². The Labute approximate surface area is 162 Å². The molecule has 0 bridgehead atoms. The van der Waals surface area contributed by atoms with Crippen LogP contribution in [0.2, 0.25) is 0 Å². The van der Waals surface area contributed by atoms with Gasteiger partial charge >= 0.3 is 5.97 Å². The molecule has 0 aliphatic carbocycles. The van der Waals surface area contributed by atoms with E-state index >= 15 is 0 Å². The number of nitrogens with zero attached hydrogens (tertiary/aromatic N) is 2. The molecule has 0 unspecified atom stereocenters. The number of likely N-dealkylation sites (N-methyl/N-ethyl adjacent to an activating group) is 1. The van der Waals surface area contributed by atoms with Gasteiger partial charge in [-0.15, -0.1) is 0 Å². The highest BCUT2D eigenvalue weighted by molar-refractivity contribution is 9.10. The first kappa shape index (κ1) is 18.1. The molecule has 1 aromatic rings. The average molecular weight is 441 g/mol. The zero-order valence-electron chi connectivity index (χ0n) is 13.1. The number of thiocarbonyl (C=S) groups is 1. The zero-order valence-corrected chi connectivity index (χ0v) is 16.3. The third-order valence-corrected chi connectivity index (χ3v) is 5.99. The summed E-state index contributed by atoms with van der Waals surface area (Å²) < 4.78 is 1.19. The lowest BCUT2D eigenvalue weighted by Crippen LogP contribution is -2.29. The number of carboxylic acids is 1. The van der Waals surface area contributed by atoms with Crippen molar-refractivity contribution in [2.45, 2.75) is 12.8 Å². The topological polar surface area (TPSA) is 77.9 Å². The van der Waals surface area contributed by atoms with Crippen molar-refractivity contribution in [1.29, 1.82) is 0 Å². The van der Waals surface area contributed by atoms with Crippen LogP contribution in [0.25, 0.3) is 5.57 Å². The van der Waals surface area contributed by atoms with E-state index < -0.39 is 5.97 Å². The summed E-state index contributed by atoms with van der Waals surface area (Å²) in [7, 11) is 1.58. The first-order valence-electron chi connectivity index (χ1n) is 7.39. The number of aliphatic carboxylic acids is 1. The van der Waals surface area contributed by atoms with Crippen molar-refractivity contribution in [3.05, 3.63) is 33.1 Å². The molecule has 2 heterocycles. The van der Waals surface area contributed by atoms with E-state index in [0.717, 1.165) is 16.2 Å². The number of carboxylic acid groups (broad SMARTS) is 1. The highest BCUT2D eigenvalue weighted by Crippen LogP contribution is 2.45. The normalized spacial score (nSPS) is 19.8. The molecule has 0 spiro atoms. The van der Waals surface area contributed by atoms with Crippen molar-refractivity contribution in [3.63, 3.8) is 0 Å². The van der Waals surface area contributed by atoms with Gasteiger partial charge in [0.2, 0.25) is 0 Å². The molecule has 25 heavy (non-hydrogen) atoms. The van der Waals surface area contributed by atoms with Crippen LogP contribution in [0.3, 0.4) is 0 Å². The quantitative estimate of drug-likeness (QED) is 0.572. The fourth-order valence-corrected chi connectivity index (χ4v) is 4.34. The van der Waals surface area contributed by atoms with Crippen LogP contribution in [-0.2, 0) is 14.4 Å². The molecule has 1 aromatic carbocycles. The van der Waals surface area contributed by atoms with Crippen LogP contribution in [0.15, 0.2) is 27.6 Å². The summed E-state index contributed by atoms with van der Waals surface area (Å²) in [6.45, 7) is 0.274. The molecule has 6 nitrogen and oxygen atoms in total. The Morgan fingerprint density at radius 3 is 2.64 bits per heavy atom. The fourth-order valence-electron chi connectivity index (χ4n) is 2.73. The summed E-state index contributed by atoms with van der Waals surface area (Å²) >= 11 is 9.66. The molecule has 0 saturated carbocycles. The molecule has 0 atom stereocenters. The molecule has 9 heteroatoms. The van der Waals surface area contributed by atoms with Gasteiger partial charge < -0.3 is 10.0 Å². The Morgan fingerprint density at radius 2 is 2.04 bits per heavy atom. The molecule has 2 amide bonds. The van der Waals surface area contributed by atoms with Gasteiger partial charge in [-0.3, -0.25) is 19.3 Å². The minimum absolute atomic E-state index is 0.0257. The van der Waals surface area contributed by atoms with Crippen molar-refractivity contribution in [2.24, 2.45) is 0 Å². The molecule has 2 aliphatic heterocycles. The Bertz CT molecular complexity index is 853. The van der Waals surface area contributed by atoms with E-state index in [2.05, 4.69) is 15.9 Å². The van der Waals surface area contributed by atoms with E-state index in [1.165, 1.54) is 9.80 Å². The largest absolute Gasteiger partial charge is 0.481 e. The van der Waals surface area contributed by atoms with Crippen LogP contribution in [-0.4, -0.2) is 45.7 Å². The van der Waals surface area contributed by atoms with E-state index in [9.17, 15) is 14.4 Å². The second kappa shape index (κ2) is 6.89. The van der Waals surface area contributed by atoms with Gasteiger partial charge in [0.05, 0.1) is 16.2 Å². The van der Waals surface area contributed by atoms with Gasteiger partial charge in [-0.25, -0.2) is 0 Å². The number of halogens is 1. The summed E-state index contributed by atoms with van der Waals surface area (Å²) in [4.78, 5) is 39.4. The Morgan fingerprint density at radius 1 is 1.32 bits per heavy atom. The van der Waals surface area contributed by atoms with Crippen molar-refractivity contribution >= 4 is 73.3 Å². The third-order valence-electron chi connectivity index (χ3n) is 3.94. The lowest BCUT2D eigenvalue weighted by molar-refractivity contribution is -0.137. The molecule has 1 saturated heterocycles. The van der Waals surface area contributed by atoms with Gasteiger partial charge in [-0.05, 0) is 24.6 Å². The second-order valence-corrected chi connectivity index (χ2v) is 8.11. The predicted molar refractivity (Wildman–Crippen MR) is 103 cm³/mol. The van der Waals surface area contributed by atoms with Gasteiger partial charge in [-0.1, -0.05) is 39.9 Å². The van der Waals surface area contributed by atoms with E-state index in [0.29, 0.717) is 32.5 Å². The lowest BCUT2D eigenvalue weighted by Gasteiger charge is -2.16. The first-order valence-corrected chi connectivity index (χ1v) is 9.40. The fraction of sp³-hybridized carbons (Fsp3) is 0.250. The van der Waals surface area contributed by atoms with Gasteiger partial charge in [0, 0.05) is 30.0 Å². The van der Waals surface area contributed by atoms with E-state index in [1.54, 1.807) is 19.2 Å². The number of hydrogen-bond acceptors (Lipinski definition) is 5. The number of amides is 2. The number of carbonyl (C=O) groups excluding carboxylic acids is 2. The van der Waals surface area contributed by atoms with Gasteiger partial charge in [0.15, 0.2) is 0 Å². The number of benzene rings is 1. The highest BCUT2D eigenvalue weighted by atomic mass is 79.9. The maximum absolute atomic E-state index is 13.0. The first-order chi connectivity index (χ1) is 11.8. The Hall–Kier alpha value is -1.71. The van der Waals surface area contributed by atoms with Crippen molar-refractivity contribution in [2.75, 3.05) is 18.5 Å². The maximum atomic E-state index is 13.0. The van der Waals surface area contributed by atoms with Crippen LogP contribution in [0.5, 0.6) is 0 Å². The molecule has 1 N–H and O–H groups in total. The van der Waals surface area contributed by atoms with Crippen LogP contribution < -0.4 is 4.90 Å². The number of carbonyl (C=O) groups is 3. The van der Waals surface area contributed by atoms with Crippen LogP contribution in [0.1, 0.15) is 18.4 Å². The smallest absolute Gasteiger partial charge is 0.303 e. The summed E-state index contributed by atoms with van der Waals surface area (Å²) in [5.74, 6) is -1.50. The molecule has 0 aromatic heterocycles. The van der Waals surface area contributed by atoms with E-state index in [-0.39, 0.29) is 24.8 Å². The molecule has 130 valence electrons. The molecular formula is C16H13BrN2O4S2. The zero-order chi connectivity index (χ0) is 18.3. The molecular weight excluding hydrogens is 428 g/mol.